The van der Waals surface area contributed by atoms with Crippen molar-refractivity contribution in [3.05, 3.63) is 0 Å². The summed E-state index contributed by atoms with van der Waals surface area (Å²) in [7, 11) is 2.13. The van der Waals surface area contributed by atoms with Crippen LogP contribution in [-0.4, -0.2) is 42.3 Å². The molecule has 1 fully saturated rings. The van der Waals surface area contributed by atoms with Crippen molar-refractivity contribution in [2.45, 2.75) is 25.3 Å². The highest BCUT2D eigenvalue weighted by molar-refractivity contribution is 4.89. The van der Waals surface area contributed by atoms with Crippen molar-refractivity contribution in [2.75, 3.05) is 26.7 Å². The number of hydrogen-bond donors (Lipinski definition) is 2. The van der Waals surface area contributed by atoms with Gasteiger partial charge in [0.2, 0.25) is 0 Å². The molecule has 0 aromatic heterocycles. The number of aliphatic hydroxyl groups is 1. The Labute approximate surface area is 74.5 Å². The average Bonchev–Trinajstić information content (AvgIpc) is 2.05. The highest BCUT2D eigenvalue weighted by atomic mass is 16.3. The van der Waals surface area contributed by atoms with Gasteiger partial charge in [0.05, 0.1) is 6.61 Å². The van der Waals surface area contributed by atoms with Crippen molar-refractivity contribution in [2.24, 2.45) is 11.7 Å². The molecule has 1 heterocycles. The molecule has 0 amide bonds. The van der Waals surface area contributed by atoms with Gasteiger partial charge in [-0.1, -0.05) is 0 Å². The summed E-state index contributed by atoms with van der Waals surface area (Å²) in [4.78, 5) is 2.31. The van der Waals surface area contributed by atoms with E-state index in [2.05, 4.69) is 11.9 Å². The molecule has 72 valence electrons. The lowest BCUT2D eigenvalue weighted by atomic mass is 9.80. The molecule has 3 N–H and O–H groups in total. The molecule has 0 saturated carbocycles. The zero-order chi connectivity index (χ0) is 9.19. The van der Waals surface area contributed by atoms with Crippen LogP contribution in [0.25, 0.3) is 0 Å². The van der Waals surface area contributed by atoms with E-state index in [1.807, 2.05) is 6.92 Å². The minimum atomic E-state index is -0.374. The van der Waals surface area contributed by atoms with Gasteiger partial charge in [0.1, 0.15) is 0 Å². The molecule has 3 nitrogen and oxygen atoms in total. The highest BCUT2D eigenvalue weighted by Crippen LogP contribution is 2.25. The fourth-order valence-corrected chi connectivity index (χ4v) is 1.80. The SMILES string of the molecule is CN1CCC(C(C)(N)CO)CC1. The van der Waals surface area contributed by atoms with Crippen molar-refractivity contribution < 1.29 is 5.11 Å². The van der Waals surface area contributed by atoms with Gasteiger partial charge in [-0.3, -0.25) is 0 Å². The van der Waals surface area contributed by atoms with Gasteiger partial charge in [-0.2, -0.15) is 0 Å². The Morgan fingerprint density at radius 3 is 2.42 bits per heavy atom. The smallest absolute Gasteiger partial charge is 0.0611 e. The fraction of sp³-hybridized carbons (Fsp3) is 1.00. The van der Waals surface area contributed by atoms with Crippen LogP contribution in [0.3, 0.4) is 0 Å². The number of nitrogens with zero attached hydrogens (tertiary/aromatic N) is 1. The number of piperidine rings is 1. The Kier molecular flexibility index (Phi) is 3.09. The van der Waals surface area contributed by atoms with Crippen LogP contribution in [0.2, 0.25) is 0 Å². The average molecular weight is 172 g/mol. The molecule has 0 spiro atoms. The summed E-state index contributed by atoms with van der Waals surface area (Å²) in [5.41, 5.74) is 5.59. The second kappa shape index (κ2) is 3.73. The van der Waals surface area contributed by atoms with Crippen LogP contribution >= 0.6 is 0 Å². The molecule has 0 aliphatic carbocycles. The third kappa shape index (κ3) is 2.19. The summed E-state index contributed by atoms with van der Waals surface area (Å²) < 4.78 is 0. The van der Waals surface area contributed by atoms with Gasteiger partial charge in [0.25, 0.3) is 0 Å². The van der Waals surface area contributed by atoms with Gasteiger partial charge in [0, 0.05) is 5.54 Å². The predicted molar refractivity (Wildman–Crippen MR) is 49.9 cm³/mol. The first-order chi connectivity index (χ1) is 5.56. The molecule has 0 radical (unpaired) electrons. The van der Waals surface area contributed by atoms with Crippen LogP contribution in [-0.2, 0) is 0 Å². The number of hydrogen-bond acceptors (Lipinski definition) is 3. The van der Waals surface area contributed by atoms with E-state index < -0.39 is 0 Å². The first-order valence-corrected chi connectivity index (χ1v) is 4.64. The Morgan fingerprint density at radius 2 is 2.00 bits per heavy atom. The topological polar surface area (TPSA) is 49.5 Å². The molecule has 1 unspecified atom stereocenters. The van der Waals surface area contributed by atoms with E-state index in [0.717, 1.165) is 25.9 Å². The van der Waals surface area contributed by atoms with Gasteiger partial charge in [0.15, 0.2) is 0 Å². The normalized spacial score (nSPS) is 27.0. The minimum Gasteiger partial charge on any atom is -0.394 e. The van der Waals surface area contributed by atoms with E-state index in [0.29, 0.717) is 5.92 Å². The summed E-state index contributed by atoms with van der Waals surface area (Å²) in [6.45, 7) is 4.26. The van der Waals surface area contributed by atoms with Gasteiger partial charge in [-0.25, -0.2) is 0 Å². The molecule has 1 aliphatic heterocycles. The lowest BCUT2D eigenvalue weighted by Crippen LogP contribution is -2.51. The number of nitrogens with two attached hydrogens (primary N) is 1. The first kappa shape index (κ1) is 9.96. The summed E-state index contributed by atoms with van der Waals surface area (Å²) in [5, 5.41) is 9.07. The van der Waals surface area contributed by atoms with E-state index in [9.17, 15) is 0 Å². The van der Waals surface area contributed by atoms with Gasteiger partial charge in [-0.05, 0) is 45.8 Å². The number of likely N-dealkylation sites (tertiary alicyclic amines) is 1. The molecule has 0 aromatic carbocycles. The van der Waals surface area contributed by atoms with Crippen LogP contribution in [0.5, 0.6) is 0 Å². The Bertz CT molecular complexity index is 139. The van der Waals surface area contributed by atoms with Crippen molar-refractivity contribution in [1.29, 1.82) is 0 Å². The van der Waals surface area contributed by atoms with Crippen LogP contribution < -0.4 is 5.73 Å². The van der Waals surface area contributed by atoms with Crippen LogP contribution in [0, 0.1) is 5.92 Å². The fourth-order valence-electron chi connectivity index (χ4n) is 1.80. The molecule has 1 atom stereocenters. The van der Waals surface area contributed by atoms with Crippen molar-refractivity contribution in [1.82, 2.24) is 4.90 Å². The largest absolute Gasteiger partial charge is 0.394 e. The Morgan fingerprint density at radius 1 is 1.50 bits per heavy atom. The van der Waals surface area contributed by atoms with E-state index in [1.54, 1.807) is 0 Å². The van der Waals surface area contributed by atoms with Crippen LogP contribution in [0.1, 0.15) is 19.8 Å². The molecule has 3 heteroatoms. The lowest BCUT2D eigenvalue weighted by molar-refractivity contribution is 0.103. The molecule has 1 rings (SSSR count). The standard InChI is InChI=1S/C9H20N2O/c1-9(10,7-12)8-3-5-11(2)6-4-8/h8,12H,3-7,10H2,1-2H3. The Hall–Kier alpha value is -0.120. The third-order valence-electron chi connectivity index (χ3n) is 2.99. The minimum absolute atomic E-state index is 0.0986. The molecule has 0 bridgehead atoms. The van der Waals surface area contributed by atoms with Gasteiger partial charge >= 0.3 is 0 Å². The molecule has 12 heavy (non-hydrogen) atoms. The van der Waals surface area contributed by atoms with Crippen molar-refractivity contribution >= 4 is 0 Å². The van der Waals surface area contributed by atoms with Crippen molar-refractivity contribution in [3.63, 3.8) is 0 Å². The first-order valence-electron chi connectivity index (χ1n) is 4.64. The maximum Gasteiger partial charge on any atom is 0.0611 e. The molecular formula is C9H20N2O. The number of rotatable bonds is 2. The summed E-state index contributed by atoms with van der Waals surface area (Å²) in [6.07, 6.45) is 2.23. The number of aliphatic hydroxyl groups excluding tert-OH is 1. The van der Waals surface area contributed by atoms with E-state index in [1.165, 1.54) is 0 Å². The molecule has 1 aliphatic rings. The maximum atomic E-state index is 9.07. The highest BCUT2D eigenvalue weighted by Gasteiger charge is 2.31. The van der Waals surface area contributed by atoms with Crippen molar-refractivity contribution in [3.8, 4) is 0 Å². The van der Waals surface area contributed by atoms with E-state index in [4.69, 9.17) is 10.8 Å². The molecule has 0 aromatic rings. The third-order valence-corrected chi connectivity index (χ3v) is 2.99. The second-order valence-corrected chi connectivity index (χ2v) is 4.24. The molecule has 1 saturated heterocycles. The predicted octanol–water partition coefficient (Wildman–Crippen LogP) is 0.0379. The summed E-state index contributed by atoms with van der Waals surface area (Å²) in [6, 6.07) is 0. The maximum absolute atomic E-state index is 9.07. The van der Waals surface area contributed by atoms with Crippen LogP contribution in [0.15, 0.2) is 0 Å². The lowest BCUT2D eigenvalue weighted by Gasteiger charge is -2.38. The summed E-state index contributed by atoms with van der Waals surface area (Å²) in [5.74, 6) is 0.485. The zero-order valence-corrected chi connectivity index (χ0v) is 8.08. The quantitative estimate of drug-likeness (QED) is 0.618. The van der Waals surface area contributed by atoms with Gasteiger partial charge in [-0.15, -0.1) is 0 Å². The van der Waals surface area contributed by atoms with E-state index >= 15 is 0 Å². The van der Waals surface area contributed by atoms with E-state index in [-0.39, 0.29) is 12.1 Å². The monoisotopic (exact) mass is 172 g/mol. The van der Waals surface area contributed by atoms with Crippen LogP contribution in [0.4, 0.5) is 0 Å². The molecular weight excluding hydrogens is 152 g/mol. The second-order valence-electron chi connectivity index (χ2n) is 4.24. The van der Waals surface area contributed by atoms with Gasteiger partial charge < -0.3 is 15.7 Å². The summed E-state index contributed by atoms with van der Waals surface area (Å²) >= 11 is 0. The zero-order valence-electron chi connectivity index (χ0n) is 8.08. The Balaban J connectivity index is 2.44.